The number of fused-ring (bicyclic) bond motifs is 1. The fraction of sp³-hybridized carbons (Fsp3) is 0.133. The van der Waals surface area contributed by atoms with E-state index in [0.29, 0.717) is 6.42 Å². The van der Waals surface area contributed by atoms with Crippen molar-refractivity contribution >= 4 is 37.5 Å². The summed E-state index contributed by atoms with van der Waals surface area (Å²) in [7, 11) is 0. The summed E-state index contributed by atoms with van der Waals surface area (Å²) in [5.74, 6) is -0.303. The van der Waals surface area contributed by atoms with E-state index in [0.717, 1.165) is 25.8 Å². The highest BCUT2D eigenvalue weighted by Gasteiger charge is 2.13. The lowest BCUT2D eigenvalue weighted by atomic mass is 10.0. The Morgan fingerprint density at radius 2 is 2.15 bits per heavy atom. The molecule has 0 aliphatic heterocycles. The SMILES string of the molecule is OC(Cc1cc(F)ccc1Br)c1cnc2ccsc2c1. The number of hydrogen-bond acceptors (Lipinski definition) is 3. The molecule has 102 valence electrons. The van der Waals surface area contributed by atoms with Crippen LogP contribution in [0, 0.1) is 5.82 Å². The van der Waals surface area contributed by atoms with Gasteiger partial charge in [0.1, 0.15) is 5.82 Å². The number of aliphatic hydroxyl groups excluding tert-OH is 1. The second-order valence-corrected chi connectivity index (χ2v) is 6.33. The highest BCUT2D eigenvalue weighted by molar-refractivity contribution is 9.10. The third-order valence-electron chi connectivity index (χ3n) is 3.13. The van der Waals surface area contributed by atoms with E-state index in [2.05, 4.69) is 20.9 Å². The van der Waals surface area contributed by atoms with Crippen LogP contribution in [0.3, 0.4) is 0 Å². The maximum absolute atomic E-state index is 13.3. The van der Waals surface area contributed by atoms with E-state index in [1.54, 1.807) is 23.6 Å². The summed E-state index contributed by atoms with van der Waals surface area (Å²) in [6.07, 6.45) is 1.32. The van der Waals surface area contributed by atoms with Crippen molar-refractivity contribution in [2.24, 2.45) is 0 Å². The molecule has 0 spiro atoms. The molecule has 2 heterocycles. The van der Waals surface area contributed by atoms with Crippen molar-refractivity contribution in [2.75, 3.05) is 0 Å². The van der Waals surface area contributed by atoms with Crippen molar-refractivity contribution in [3.63, 3.8) is 0 Å². The average molecular weight is 352 g/mol. The minimum atomic E-state index is -0.702. The molecule has 1 aromatic carbocycles. The molecule has 1 N–H and O–H groups in total. The van der Waals surface area contributed by atoms with Gasteiger partial charge in [0.15, 0.2) is 0 Å². The van der Waals surface area contributed by atoms with E-state index in [-0.39, 0.29) is 5.82 Å². The summed E-state index contributed by atoms with van der Waals surface area (Å²) in [4.78, 5) is 4.31. The first kappa shape index (κ1) is 13.7. The molecular weight excluding hydrogens is 341 g/mol. The van der Waals surface area contributed by atoms with Gasteiger partial charge in [-0.15, -0.1) is 11.3 Å². The molecule has 0 amide bonds. The summed E-state index contributed by atoms with van der Waals surface area (Å²) < 4.78 is 15.1. The summed E-state index contributed by atoms with van der Waals surface area (Å²) >= 11 is 4.96. The molecule has 1 unspecified atom stereocenters. The van der Waals surface area contributed by atoms with Crippen LogP contribution in [0.2, 0.25) is 0 Å². The van der Waals surface area contributed by atoms with E-state index in [1.165, 1.54) is 12.1 Å². The van der Waals surface area contributed by atoms with Crippen molar-refractivity contribution in [3.05, 3.63) is 63.3 Å². The van der Waals surface area contributed by atoms with Crippen molar-refractivity contribution in [1.82, 2.24) is 4.98 Å². The molecule has 0 fully saturated rings. The number of rotatable bonds is 3. The van der Waals surface area contributed by atoms with Gasteiger partial charge in [0, 0.05) is 22.7 Å². The quantitative estimate of drug-likeness (QED) is 0.754. The maximum Gasteiger partial charge on any atom is 0.123 e. The van der Waals surface area contributed by atoms with Gasteiger partial charge in [-0.25, -0.2) is 4.39 Å². The van der Waals surface area contributed by atoms with Crippen LogP contribution < -0.4 is 0 Å². The van der Waals surface area contributed by atoms with Crippen LogP contribution >= 0.6 is 27.3 Å². The third-order valence-corrected chi connectivity index (χ3v) is 4.76. The van der Waals surface area contributed by atoms with E-state index in [4.69, 9.17) is 0 Å². The minimum absolute atomic E-state index is 0.303. The first-order valence-electron chi connectivity index (χ1n) is 6.08. The number of thiophene rings is 1. The molecule has 0 saturated heterocycles. The maximum atomic E-state index is 13.3. The van der Waals surface area contributed by atoms with Gasteiger partial charge in [0.2, 0.25) is 0 Å². The Bertz CT molecular complexity index is 758. The zero-order valence-electron chi connectivity index (χ0n) is 10.4. The zero-order chi connectivity index (χ0) is 14.1. The van der Waals surface area contributed by atoms with Gasteiger partial charge in [-0.05, 0) is 41.3 Å². The molecule has 0 aliphatic carbocycles. The van der Waals surface area contributed by atoms with Gasteiger partial charge in [0.25, 0.3) is 0 Å². The Balaban J connectivity index is 1.88. The van der Waals surface area contributed by atoms with Crippen molar-refractivity contribution in [3.8, 4) is 0 Å². The lowest BCUT2D eigenvalue weighted by Gasteiger charge is -2.12. The van der Waals surface area contributed by atoms with Crippen LogP contribution in [0.5, 0.6) is 0 Å². The number of nitrogens with zero attached hydrogens (tertiary/aromatic N) is 1. The average Bonchev–Trinajstić information content (AvgIpc) is 2.90. The van der Waals surface area contributed by atoms with E-state index < -0.39 is 6.10 Å². The number of aliphatic hydroxyl groups is 1. The molecule has 0 saturated carbocycles. The highest BCUT2D eigenvalue weighted by Crippen LogP contribution is 2.27. The molecule has 2 nitrogen and oxygen atoms in total. The molecule has 1 atom stereocenters. The number of hydrogen-bond donors (Lipinski definition) is 1. The summed E-state index contributed by atoms with van der Waals surface area (Å²) in [6, 6.07) is 8.35. The van der Waals surface area contributed by atoms with Gasteiger partial charge in [-0.2, -0.15) is 0 Å². The van der Waals surface area contributed by atoms with Gasteiger partial charge < -0.3 is 5.11 Å². The number of halogens is 2. The topological polar surface area (TPSA) is 33.1 Å². The molecular formula is C15H11BrFNOS. The Kier molecular flexibility index (Phi) is 3.83. The van der Waals surface area contributed by atoms with E-state index in [1.807, 2.05) is 17.5 Å². The second kappa shape index (κ2) is 5.60. The fourth-order valence-corrected chi connectivity index (χ4v) is 3.27. The standard InChI is InChI=1S/C15H11BrFNOS/c16-12-2-1-11(17)5-9(12)6-14(19)10-7-15-13(18-8-10)3-4-20-15/h1-5,7-8,14,19H,6H2. The Labute approximate surface area is 128 Å². The van der Waals surface area contributed by atoms with Crippen LogP contribution in [0.1, 0.15) is 17.2 Å². The molecule has 2 aromatic heterocycles. The number of pyridine rings is 1. The van der Waals surface area contributed by atoms with E-state index in [9.17, 15) is 9.50 Å². The monoisotopic (exact) mass is 351 g/mol. The molecule has 20 heavy (non-hydrogen) atoms. The van der Waals surface area contributed by atoms with E-state index >= 15 is 0 Å². The number of aromatic nitrogens is 1. The predicted octanol–water partition coefficient (Wildman–Crippen LogP) is 4.47. The molecule has 3 rings (SSSR count). The first-order valence-corrected chi connectivity index (χ1v) is 7.76. The van der Waals surface area contributed by atoms with Gasteiger partial charge >= 0.3 is 0 Å². The Hall–Kier alpha value is -1.30. The largest absolute Gasteiger partial charge is 0.388 e. The zero-order valence-corrected chi connectivity index (χ0v) is 12.8. The fourth-order valence-electron chi connectivity index (χ4n) is 2.07. The van der Waals surface area contributed by atoms with Crippen LogP contribution in [-0.2, 0) is 6.42 Å². The molecule has 0 aliphatic rings. The summed E-state index contributed by atoms with van der Waals surface area (Å²) in [5, 5.41) is 12.3. The lowest BCUT2D eigenvalue weighted by molar-refractivity contribution is 0.178. The minimum Gasteiger partial charge on any atom is -0.388 e. The van der Waals surface area contributed by atoms with Crippen molar-refractivity contribution in [1.29, 1.82) is 0 Å². The normalized spacial score (nSPS) is 12.8. The predicted molar refractivity (Wildman–Crippen MR) is 82.4 cm³/mol. The van der Waals surface area contributed by atoms with Gasteiger partial charge in [0.05, 0.1) is 16.3 Å². The Morgan fingerprint density at radius 1 is 1.30 bits per heavy atom. The van der Waals surface area contributed by atoms with Crippen molar-refractivity contribution in [2.45, 2.75) is 12.5 Å². The van der Waals surface area contributed by atoms with Gasteiger partial charge in [-0.3, -0.25) is 4.98 Å². The number of benzene rings is 1. The van der Waals surface area contributed by atoms with Crippen LogP contribution in [-0.4, -0.2) is 10.1 Å². The first-order chi connectivity index (χ1) is 9.63. The molecule has 3 aromatic rings. The van der Waals surface area contributed by atoms with Gasteiger partial charge in [-0.1, -0.05) is 15.9 Å². The lowest BCUT2D eigenvalue weighted by Crippen LogP contribution is -2.03. The molecule has 0 bridgehead atoms. The molecule has 0 radical (unpaired) electrons. The highest BCUT2D eigenvalue weighted by atomic mass is 79.9. The van der Waals surface area contributed by atoms with Crippen molar-refractivity contribution < 1.29 is 9.50 Å². The summed E-state index contributed by atoms with van der Waals surface area (Å²) in [6.45, 7) is 0. The third kappa shape index (κ3) is 2.75. The Morgan fingerprint density at radius 3 is 3.00 bits per heavy atom. The van der Waals surface area contributed by atoms with Crippen LogP contribution in [0.4, 0.5) is 4.39 Å². The van der Waals surface area contributed by atoms with Crippen LogP contribution in [0.15, 0.2) is 46.4 Å². The second-order valence-electron chi connectivity index (χ2n) is 4.53. The van der Waals surface area contributed by atoms with Crippen LogP contribution in [0.25, 0.3) is 10.2 Å². The molecule has 5 heteroatoms. The smallest absolute Gasteiger partial charge is 0.123 e. The summed E-state index contributed by atoms with van der Waals surface area (Å²) in [5.41, 5.74) is 2.41.